The van der Waals surface area contributed by atoms with E-state index in [-0.39, 0.29) is 4.90 Å². The Morgan fingerprint density at radius 2 is 1.41 bits per heavy atom. The van der Waals surface area contributed by atoms with Gasteiger partial charge in [-0.05, 0) is 55.3 Å². The van der Waals surface area contributed by atoms with Crippen LogP contribution in [0.25, 0.3) is 0 Å². The van der Waals surface area contributed by atoms with E-state index in [9.17, 15) is 13.2 Å². The molecule has 0 saturated heterocycles. The first-order valence-electron chi connectivity index (χ1n) is 9.72. The van der Waals surface area contributed by atoms with Crippen molar-refractivity contribution in [3.63, 3.8) is 0 Å². The van der Waals surface area contributed by atoms with Crippen molar-refractivity contribution in [3.8, 4) is 11.5 Å². The molecule has 0 aliphatic rings. The third kappa shape index (κ3) is 5.30. The van der Waals surface area contributed by atoms with E-state index in [1.807, 2.05) is 18.2 Å². The molecule has 0 aliphatic heterocycles. The van der Waals surface area contributed by atoms with Gasteiger partial charge in [-0.2, -0.15) is 0 Å². The Hall–Kier alpha value is -3.72. The summed E-state index contributed by atoms with van der Waals surface area (Å²) in [6.07, 6.45) is 0. The third-order valence-electron chi connectivity index (χ3n) is 4.74. The first-order valence-corrected chi connectivity index (χ1v) is 11.2. The molecule has 168 valence electrons. The van der Waals surface area contributed by atoms with Gasteiger partial charge in [0, 0.05) is 17.4 Å². The molecule has 3 rings (SSSR count). The molecule has 9 heteroatoms. The van der Waals surface area contributed by atoms with E-state index in [1.54, 1.807) is 50.2 Å². The van der Waals surface area contributed by atoms with Crippen LogP contribution in [-0.2, 0) is 10.0 Å². The largest absolute Gasteiger partial charge is 0.493 e. The number of nitrogens with one attached hydrogen (secondary N) is 3. The Balaban J connectivity index is 1.83. The van der Waals surface area contributed by atoms with Crippen molar-refractivity contribution in [3.05, 3.63) is 71.8 Å². The van der Waals surface area contributed by atoms with Crippen LogP contribution in [0, 0.1) is 13.8 Å². The molecule has 0 heterocycles. The van der Waals surface area contributed by atoms with Crippen molar-refractivity contribution < 1.29 is 22.7 Å². The zero-order valence-electron chi connectivity index (χ0n) is 18.2. The second kappa shape index (κ2) is 9.61. The minimum atomic E-state index is -3.93. The number of urea groups is 1. The average Bonchev–Trinajstić information content (AvgIpc) is 2.76. The molecule has 0 saturated carbocycles. The predicted molar refractivity (Wildman–Crippen MR) is 125 cm³/mol. The van der Waals surface area contributed by atoms with Crippen LogP contribution in [0.2, 0.25) is 0 Å². The Labute approximate surface area is 187 Å². The zero-order valence-corrected chi connectivity index (χ0v) is 19.0. The van der Waals surface area contributed by atoms with Gasteiger partial charge in [0.25, 0.3) is 10.0 Å². The van der Waals surface area contributed by atoms with Gasteiger partial charge in [0.05, 0.1) is 24.8 Å². The van der Waals surface area contributed by atoms with E-state index < -0.39 is 16.1 Å². The van der Waals surface area contributed by atoms with Crippen molar-refractivity contribution in [2.24, 2.45) is 0 Å². The maximum atomic E-state index is 13.1. The van der Waals surface area contributed by atoms with E-state index in [2.05, 4.69) is 15.4 Å². The van der Waals surface area contributed by atoms with Crippen molar-refractivity contribution in [2.75, 3.05) is 29.6 Å². The lowest BCUT2D eigenvalue weighted by atomic mass is 10.2. The first kappa shape index (κ1) is 23.0. The third-order valence-corrected chi connectivity index (χ3v) is 6.25. The number of anilines is 3. The van der Waals surface area contributed by atoms with Crippen molar-refractivity contribution >= 4 is 33.1 Å². The molecule has 0 fully saturated rings. The van der Waals surface area contributed by atoms with Gasteiger partial charge in [-0.1, -0.05) is 24.3 Å². The number of rotatable bonds is 7. The molecular weight excluding hydrogens is 430 g/mol. The van der Waals surface area contributed by atoms with Crippen LogP contribution in [0.1, 0.15) is 11.1 Å². The molecule has 0 atom stereocenters. The summed E-state index contributed by atoms with van der Waals surface area (Å²) in [5.74, 6) is 0.749. The monoisotopic (exact) mass is 455 g/mol. The topological polar surface area (TPSA) is 106 Å². The fraction of sp³-hybridized carbons (Fsp3) is 0.174. The summed E-state index contributed by atoms with van der Waals surface area (Å²) in [4.78, 5) is 12.3. The molecule has 0 bridgehead atoms. The Morgan fingerprint density at radius 3 is 2.06 bits per heavy atom. The second-order valence-corrected chi connectivity index (χ2v) is 8.70. The van der Waals surface area contributed by atoms with E-state index in [4.69, 9.17) is 9.47 Å². The number of hydrogen-bond acceptors (Lipinski definition) is 5. The quantitative estimate of drug-likeness (QED) is 0.476. The SMILES string of the molecule is COc1cc(C)c(S(=O)(=O)Nc2cc(NC(=O)Nc3ccccc3)ccc2C)cc1OC. The molecule has 2 amide bonds. The highest BCUT2D eigenvalue weighted by Crippen LogP contribution is 2.33. The molecule has 0 unspecified atom stereocenters. The van der Waals surface area contributed by atoms with Gasteiger partial charge in [0.2, 0.25) is 0 Å². The van der Waals surface area contributed by atoms with E-state index in [1.165, 1.54) is 20.3 Å². The van der Waals surface area contributed by atoms with Gasteiger partial charge >= 0.3 is 6.03 Å². The minimum absolute atomic E-state index is 0.0646. The van der Waals surface area contributed by atoms with E-state index in [0.717, 1.165) is 0 Å². The summed E-state index contributed by atoms with van der Waals surface area (Å²) >= 11 is 0. The maximum absolute atomic E-state index is 13.1. The summed E-state index contributed by atoms with van der Waals surface area (Å²) in [7, 11) is -1.00. The fourth-order valence-electron chi connectivity index (χ4n) is 3.08. The average molecular weight is 456 g/mol. The number of carbonyl (C=O) groups is 1. The van der Waals surface area contributed by atoms with E-state index in [0.29, 0.717) is 39.7 Å². The van der Waals surface area contributed by atoms with Gasteiger partial charge in [-0.3, -0.25) is 4.72 Å². The molecule has 3 aromatic carbocycles. The normalized spacial score (nSPS) is 10.9. The van der Waals surface area contributed by atoms with Crippen LogP contribution in [0.3, 0.4) is 0 Å². The number of methoxy groups -OCH3 is 2. The van der Waals surface area contributed by atoms with Gasteiger partial charge in [-0.25, -0.2) is 13.2 Å². The number of aryl methyl sites for hydroxylation is 2. The molecule has 3 aromatic rings. The maximum Gasteiger partial charge on any atom is 0.323 e. The molecule has 0 radical (unpaired) electrons. The van der Waals surface area contributed by atoms with Crippen molar-refractivity contribution in [1.82, 2.24) is 0 Å². The van der Waals surface area contributed by atoms with Crippen molar-refractivity contribution in [1.29, 1.82) is 0 Å². The number of para-hydroxylation sites is 1. The lowest BCUT2D eigenvalue weighted by Crippen LogP contribution is -2.20. The van der Waals surface area contributed by atoms with Gasteiger partial charge in [-0.15, -0.1) is 0 Å². The van der Waals surface area contributed by atoms with Crippen LogP contribution in [0.4, 0.5) is 21.9 Å². The van der Waals surface area contributed by atoms with Crippen LogP contribution in [0.15, 0.2) is 65.6 Å². The smallest absolute Gasteiger partial charge is 0.323 e. The highest BCUT2D eigenvalue weighted by Gasteiger charge is 2.21. The number of carbonyl (C=O) groups excluding carboxylic acids is 1. The van der Waals surface area contributed by atoms with Crippen LogP contribution >= 0.6 is 0 Å². The van der Waals surface area contributed by atoms with Gasteiger partial charge < -0.3 is 20.1 Å². The number of sulfonamides is 1. The van der Waals surface area contributed by atoms with Crippen LogP contribution in [0.5, 0.6) is 11.5 Å². The summed E-state index contributed by atoms with van der Waals surface area (Å²) in [6, 6.07) is 16.6. The van der Waals surface area contributed by atoms with Crippen molar-refractivity contribution in [2.45, 2.75) is 18.7 Å². The summed E-state index contributed by atoms with van der Waals surface area (Å²) in [6.45, 7) is 3.45. The van der Waals surface area contributed by atoms with E-state index >= 15 is 0 Å². The van der Waals surface area contributed by atoms with Gasteiger partial charge in [0.1, 0.15) is 0 Å². The highest BCUT2D eigenvalue weighted by atomic mass is 32.2. The molecule has 32 heavy (non-hydrogen) atoms. The molecular formula is C23H25N3O5S. The summed E-state index contributed by atoms with van der Waals surface area (Å²) < 4.78 is 39.3. The lowest BCUT2D eigenvalue weighted by molar-refractivity contribution is 0.262. The number of hydrogen-bond donors (Lipinski definition) is 3. The summed E-state index contributed by atoms with van der Waals surface area (Å²) in [5.41, 5.74) is 2.62. The molecule has 3 N–H and O–H groups in total. The second-order valence-electron chi connectivity index (χ2n) is 7.05. The summed E-state index contributed by atoms with van der Waals surface area (Å²) in [5, 5.41) is 5.42. The van der Waals surface area contributed by atoms with Crippen LogP contribution in [-0.4, -0.2) is 28.7 Å². The highest BCUT2D eigenvalue weighted by molar-refractivity contribution is 7.92. The molecule has 8 nitrogen and oxygen atoms in total. The molecule has 0 aliphatic carbocycles. The Bertz CT molecular complexity index is 1230. The number of amides is 2. The lowest BCUT2D eigenvalue weighted by Gasteiger charge is -2.16. The standard InChI is InChI=1S/C23H25N3O5S/c1-15-10-11-18(25-23(27)24-17-8-6-5-7-9-17)13-19(15)26-32(28,29)22-14-21(31-4)20(30-3)12-16(22)2/h5-14,26H,1-4H3,(H2,24,25,27). The number of benzene rings is 3. The van der Waals surface area contributed by atoms with Crippen LogP contribution < -0.4 is 24.8 Å². The van der Waals surface area contributed by atoms with Gasteiger partial charge in [0.15, 0.2) is 11.5 Å². The Morgan fingerprint density at radius 1 is 0.781 bits per heavy atom. The first-order chi connectivity index (χ1) is 15.2. The molecule has 0 spiro atoms. The molecule has 0 aromatic heterocycles. The zero-order chi connectivity index (χ0) is 23.3. The Kier molecular flexibility index (Phi) is 6.89. The minimum Gasteiger partial charge on any atom is -0.493 e. The number of ether oxygens (including phenoxy) is 2. The predicted octanol–water partition coefficient (Wildman–Crippen LogP) is 4.77. The fourth-order valence-corrected chi connectivity index (χ4v) is 4.44.